The summed E-state index contributed by atoms with van der Waals surface area (Å²) in [7, 11) is 0. The third-order valence-corrected chi connectivity index (χ3v) is 2.67. The van der Waals surface area contributed by atoms with Crippen molar-refractivity contribution in [2.75, 3.05) is 5.32 Å². The average molecular weight is 258 g/mol. The van der Waals surface area contributed by atoms with Gasteiger partial charge in [0.2, 0.25) is 0 Å². The van der Waals surface area contributed by atoms with Crippen molar-refractivity contribution in [2.24, 2.45) is 0 Å². The number of aromatic nitrogens is 1. The number of carboxylic acids is 1. The van der Waals surface area contributed by atoms with Gasteiger partial charge in [0.15, 0.2) is 0 Å². The van der Waals surface area contributed by atoms with Crippen LogP contribution in [-0.4, -0.2) is 21.2 Å². The lowest BCUT2D eigenvalue weighted by Crippen LogP contribution is -2.08. The Hall–Kier alpha value is -2.40. The molecule has 0 aliphatic rings. The van der Waals surface area contributed by atoms with Crippen molar-refractivity contribution in [1.82, 2.24) is 4.98 Å². The van der Waals surface area contributed by atoms with Gasteiger partial charge >= 0.3 is 5.97 Å². The van der Waals surface area contributed by atoms with Crippen LogP contribution in [-0.2, 0) is 13.2 Å². The molecule has 19 heavy (non-hydrogen) atoms. The maximum absolute atomic E-state index is 11.0. The van der Waals surface area contributed by atoms with Crippen LogP contribution in [0.4, 0.5) is 5.82 Å². The number of aliphatic hydroxyl groups excluding tert-OH is 1. The number of nitrogens with one attached hydrogen (secondary N) is 1. The van der Waals surface area contributed by atoms with Crippen LogP contribution in [0, 0.1) is 0 Å². The normalized spacial score (nSPS) is 10.2. The van der Waals surface area contributed by atoms with Crippen LogP contribution in [0.5, 0.6) is 0 Å². The molecule has 2 aromatic rings. The third-order valence-electron chi connectivity index (χ3n) is 2.67. The van der Waals surface area contributed by atoms with Crippen molar-refractivity contribution in [2.45, 2.75) is 13.2 Å². The van der Waals surface area contributed by atoms with E-state index in [1.165, 1.54) is 6.07 Å². The molecule has 1 heterocycles. The summed E-state index contributed by atoms with van der Waals surface area (Å²) in [5, 5.41) is 21.1. The van der Waals surface area contributed by atoms with Crippen molar-refractivity contribution < 1.29 is 15.0 Å². The van der Waals surface area contributed by atoms with E-state index in [2.05, 4.69) is 10.3 Å². The molecule has 0 spiro atoms. The van der Waals surface area contributed by atoms with E-state index in [-0.39, 0.29) is 12.2 Å². The topological polar surface area (TPSA) is 82.5 Å². The zero-order valence-corrected chi connectivity index (χ0v) is 10.2. The van der Waals surface area contributed by atoms with Crippen molar-refractivity contribution in [3.05, 3.63) is 59.3 Å². The Bertz CT molecular complexity index is 584. The molecule has 0 atom stereocenters. The zero-order valence-electron chi connectivity index (χ0n) is 10.2. The molecule has 0 saturated carbocycles. The van der Waals surface area contributed by atoms with Crippen LogP contribution in [0.1, 0.15) is 21.5 Å². The quantitative estimate of drug-likeness (QED) is 0.762. The second-order valence-electron chi connectivity index (χ2n) is 4.04. The van der Waals surface area contributed by atoms with Gasteiger partial charge in [-0.15, -0.1) is 0 Å². The number of pyridine rings is 1. The molecule has 1 aromatic heterocycles. The van der Waals surface area contributed by atoms with E-state index in [4.69, 9.17) is 10.2 Å². The number of nitrogens with zero attached hydrogens (tertiary/aromatic N) is 1. The van der Waals surface area contributed by atoms with Gasteiger partial charge in [-0.3, -0.25) is 0 Å². The first kappa shape index (κ1) is 13.0. The number of aliphatic hydroxyl groups is 1. The number of carbonyl (C=O) groups is 1. The minimum atomic E-state index is -1.01. The van der Waals surface area contributed by atoms with Gasteiger partial charge in [0.1, 0.15) is 11.4 Å². The lowest BCUT2D eigenvalue weighted by molar-refractivity contribution is 0.0697. The van der Waals surface area contributed by atoms with Gasteiger partial charge in [0, 0.05) is 12.7 Å². The first-order valence-electron chi connectivity index (χ1n) is 5.81. The molecule has 2 rings (SSSR count). The minimum absolute atomic E-state index is 0.0161. The van der Waals surface area contributed by atoms with Gasteiger partial charge in [-0.1, -0.05) is 24.3 Å². The summed E-state index contributed by atoms with van der Waals surface area (Å²) in [4.78, 5) is 15.0. The maximum Gasteiger partial charge on any atom is 0.339 e. The summed E-state index contributed by atoms with van der Waals surface area (Å²) in [5.41, 5.74) is 1.91. The molecule has 0 radical (unpaired) electrons. The molecular weight excluding hydrogens is 244 g/mol. The Kier molecular flexibility index (Phi) is 4.10. The fourth-order valence-corrected chi connectivity index (χ4v) is 1.74. The summed E-state index contributed by atoms with van der Waals surface area (Å²) >= 11 is 0. The fraction of sp³-hybridized carbons (Fsp3) is 0.143. The zero-order chi connectivity index (χ0) is 13.7. The number of hydrogen-bond donors (Lipinski definition) is 3. The molecule has 5 nitrogen and oxygen atoms in total. The Morgan fingerprint density at radius 3 is 2.74 bits per heavy atom. The van der Waals surface area contributed by atoms with Crippen LogP contribution < -0.4 is 5.32 Å². The molecule has 0 unspecified atom stereocenters. The van der Waals surface area contributed by atoms with Gasteiger partial charge < -0.3 is 15.5 Å². The smallest absolute Gasteiger partial charge is 0.339 e. The standard InChI is InChI=1S/C14H14N2O3/c17-9-11-4-1-3-10(7-11)8-16-13-12(14(18)19)5-2-6-15-13/h1-7,17H,8-9H2,(H,15,16)(H,18,19). The number of rotatable bonds is 5. The summed E-state index contributed by atoms with van der Waals surface area (Å²) in [6.45, 7) is 0.433. The summed E-state index contributed by atoms with van der Waals surface area (Å²) < 4.78 is 0. The molecule has 0 fully saturated rings. The highest BCUT2D eigenvalue weighted by molar-refractivity contribution is 5.92. The predicted octanol–water partition coefficient (Wildman–Crippen LogP) is 1.88. The maximum atomic E-state index is 11.0. The SMILES string of the molecule is O=C(O)c1cccnc1NCc1cccc(CO)c1. The molecule has 0 aliphatic heterocycles. The van der Waals surface area contributed by atoms with Gasteiger partial charge in [-0.05, 0) is 23.3 Å². The lowest BCUT2D eigenvalue weighted by atomic mass is 10.1. The van der Waals surface area contributed by atoms with Gasteiger partial charge in [-0.2, -0.15) is 0 Å². The number of hydrogen-bond acceptors (Lipinski definition) is 4. The predicted molar refractivity (Wildman–Crippen MR) is 70.9 cm³/mol. The Morgan fingerprint density at radius 1 is 1.21 bits per heavy atom. The van der Waals surface area contributed by atoms with Gasteiger partial charge in [-0.25, -0.2) is 9.78 Å². The highest BCUT2D eigenvalue weighted by Crippen LogP contribution is 2.13. The van der Waals surface area contributed by atoms with Gasteiger partial charge in [0.05, 0.1) is 6.61 Å². The lowest BCUT2D eigenvalue weighted by Gasteiger charge is -2.09. The van der Waals surface area contributed by atoms with E-state index in [9.17, 15) is 4.79 Å². The molecule has 3 N–H and O–H groups in total. The highest BCUT2D eigenvalue weighted by Gasteiger charge is 2.09. The van der Waals surface area contributed by atoms with Crippen molar-refractivity contribution in [3.63, 3.8) is 0 Å². The van der Waals surface area contributed by atoms with E-state index in [1.54, 1.807) is 12.3 Å². The minimum Gasteiger partial charge on any atom is -0.478 e. The van der Waals surface area contributed by atoms with Crippen molar-refractivity contribution in [3.8, 4) is 0 Å². The van der Waals surface area contributed by atoms with E-state index in [0.717, 1.165) is 11.1 Å². The molecule has 0 amide bonds. The number of carboxylic acid groups (broad SMARTS) is 1. The van der Waals surface area contributed by atoms with Crippen LogP contribution in [0.2, 0.25) is 0 Å². The van der Waals surface area contributed by atoms with Crippen molar-refractivity contribution in [1.29, 1.82) is 0 Å². The van der Waals surface area contributed by atoms with E-state index in [0.29, 0.717) is 12.4 Å². The van der Waals surface area contributed by atoms with Crippen LogP contribution in [0.3, 0.4) is 0 Å². The average Bonchev–Trinajstić information content (AvgIpc) is 2.45. The van der Waals surface area contributed by atoms with E-state index in [1.807, 2.05) is 24.3 Å². The highest BCUT2D eigenvalue weighted by atomic mass is 16.4. The molecule has 0 bridgehead atoms. The van der Waals surface area contributed by atoms with E-state index < -0.39 is 5.97 Å². The monoisotopic (exact) mass is 258 g/mol. The molecule has 0 aliphatic carbocycles. The van der Waals surface area contributed by atoms with Crippen LogP contribution in [0.25, 0.3) is 0 Å². The molecular formula is C14H14N2O3. The Morgan fingerprint density at radius 2 is 2.00 bits per heavy atom. The molecule has 1 aromatic carbocycles. The number of anilines is 1. The number of aromatic carboxylic acids is 1. The van der Waals surface area contributed by atoms with Gasteiger partial charge in [0.25, 0.3) is 0 Å². The van der Waals surface area contributed by atoms with Crippen LogP contribution >= 0.6 is 0 Å². The molecule has 5 heteroatoms. The first-order valence-corrected chi connectivity index (χ1v) is 5.81. The largest absolute Gasteiger partial charge is 0.478 e. The third kappa shape index (κ3) is 3.29. The van der Waals surface area contributed by atoms with Crippen molar-refractivity contribution >= 4 is 11.8 Å². The number of benzene rings is 1. The molecule has 98 valence electrons. The second-order valence-corrected chi connectivity index (χ2v) is 4.04. The van der Waals surface area contributed by atoms with Crippen LogP contribution in [0.15, 0.2) is 42.6 Å². The molecule has 0 saturated heterocycles. The summed E-state index contributed by atoms with van der Waals surface area (Å²) in [6, 6.07) is 10.5. The Labute approximate surface area is 110 Å². The summed E-state index contributed by atoms with van der Waals surface area (Å²) in [6.07, 6.45) is 1.54. The fourth-order valence-electron chi connectivity index (χ4n) is 1.74. The second kappa shape index (κ2) is 5.97. The summed E-state index contributed by atoms with van der Waals surface area (Å²) in [5.74, 6) is -0.677. The van der Waals surface area contributed by atoms with E-state index >= 15 is 0 Å². The first-order chi connectivity index (χ1) is 9.20. The Balaban J connectivity index is 2.12.